The van der Waals surface area contributed by atoms with Gasteiger partial charge >= 0.3 is 6.03 Å². The lowest BCUT2D eigenvalue weighted by Crippen LogP contribution is -2.63. The van der Waals surface area contributed by atoms with E-state index in [9.17, 15) is 14.0 Å². The van der Waals surface area contributed by atoms with Gasteiger partial charge in [-0.05, 0) is 35.4 Å². The van der Waals surface area contributed by atoms with Gasteiger partial charge in [0.1, 0.15) is 0 Å². The summed E-state index contributed by atoms with van der Waals surface area (Å²) in [7, 11) is 0. The molecule has 0 saturated carbocycles. The summed E-state index contributed by atoms with van der Waals surface area (Å²) in [5, 5.41) is 15.0. The number of amides is 3. The minimum atomic E-state index is -1.66. The number of carbonyl (C=O) groups excluding carboxylic acids is 2. The number of urea groups is 1. The molecule has 8 heteroatoms. The highest BCUT2D eigenvalue weighted by molar-refractivity contribution is 6.30. The zero-order valence-electron chi connectivity index (χ0n) is 15.1. The van der Waals surface area contributed by atoms with Crippen LogP contribution in [-0.2, 0) is 17.8 Å². The fourth-order valence-electron chi connectivity index (χ4n) is 2.87. The van der Waals surface area contributed by atoms with Crippen molar-refractivity contribution < 1.29 is 19.1 Å². The third kappa shape index (κ3) is 5.21. The lowest BCUT2D eigenvalue weighted by molar-refractivity contribution is -0.147. The quantitative estimate of drug-likeness (QED) is 0.691. The number of likely N-dealkylation sites (tertiary alicyclic amines) is 1. The first kappa shape index (κ1) is 20.1. The van der Waals surface area contributed by atoms with E-state index in [0.29, 0.717) is 17.3 Å². The second-order valence-electron chi connectivity index (χ2n) is 6.87. The number of nitrogens with one attached hydrogen (secondary N) is 2. The van der Waals surface area contributed by atoms with Crippen molar-refractivity contribution in [2.45, 2.75) is 18.6 Å². The predicted octanol–water partition coefficient (Wildman–Crippen LogP) is 2.75. The van der Waals surface area contributed by atoms with Crippen LogP contribution in [0.15, 0.2) is 48.5 Å². The van der Waals surface area contributed by atoms with E-state index in [1.807, 2.05) is 12.1 Å². The van der Waals surface area contributed by atoms with Crippen LogP contribution in [0.3, 0.4) is 0 Å². The highest BCUT2D eigenvalue weighted by Gasteiger charge is 2.45. The van der Waals surface area contributed by atoms with Crippen molar-refractivity contribution in [3.05, 3.63) is 64.7 Å². The molecule has 0 aromatic heterocycles. The molecular formula is C20H21ClFN3O3. The van der Waals surface area contributed by atoms with Gasteiger partial charge in [-0.1, -0.05) is 35.9 Å². The van der Waals surface area contributed by atoms with Gasteiger partial charge in [-0.15, -0.1) is 0 Å². The van der Waals surface area contributed by atoms with Gasteiger partial charge in [-0.2, -0.15) is 0 Å². The Morgan fingerprint density at radius 2 is 1.68 bits per heavy atom. The van der Waals surface area contributed by atoms with Crippen LogP contribution in [0.25, 0.3) is 0 Å². The van der Waals surface area contributed by atoms with Crippen molar-refractivity contribution in [3.8, 4) is 0 Å². The number of rotatable bonds is 6. The molecule has 0 aliphatic carbocycles. The fraction of sp³-hybridized carbons (Fsp3) is 0.300. The molecule has 1 fully saturated rings. The molecular weight excluding hydrogens is 385 g/mol. The summed E-state index contributed by atoms with van der Waals surface area (Å²) in [5.41, 5.74) is 0.621. The van der Waals surface area contributed by atoms with Crippen LogP contribution in [-0.4, -0.2) is 47.3 Å². The minimum Gasteiger partial charge on any atom is -0.393 e. The van der Waals surface area contributed by atoms with E-state index in [0.717, 1.165) is 11.1 Å². The third-order valence-electron chi connectivity index (χ3n) is 4.52. The molecule has 3 N–H and O–H groups in total. The molecule has 0 spiro atoms. The molecule has 1 aliphatic heterocycles. The van der Waals surface area contributed by atoms with Gasteiger partial charge < -0.3 is 20.6 Å². The number of nitrogens with zero attached hydrogens (tertiary/aromatic N) is 1. The van der Waals surface area contributed by atoms with Crippen LogP contribution >= 0.6 is 11.6 Å². The van der Waals surface area contributed by atoms with Crippen LogP contribution < -0.4 is 10.6 Å². The van der Waals surface area contributed by atoms with E-state index < -0.39 is 12.3 Å². The number of benzene rings is 2. The molecule has 2 aromatic carbocycles. The van der Waals surface area contributed by atoms with E-state index in [4.69, 9.17) is 16.7 Å². The number of aliphatic hydroxyl groups is 1. The second-order valence-corrected chi connectivity index (χ2v) is 7.30. The smallest absolute Gasteiger partial charge is 0.319 e. The molecule has 2 aromatic rings. The van der Waals surface area contributed by atoms with E-state index in [-0.39, 0.29) is 31.4 Å². The Morgan fingerprint density at radius 3 is 2.29 bits per heavy atom. The summed E-state index contributed by atoms with van der Waals surface area (Å²) >= 11 is 5.82. The fourth-order valence-corrected chi connectivity index (χ4v) is 2.99. The maximum Gasteiger partial charge on any atom is 0.319 e. The Balaban J connectivity index is 1.44. The number of carbonyl (C=O) groups is 2. The van der Waals surface area contributed by atoms with Gasteiger partial charge in [0.25, 0.3) is 0 Å². The molecule has 28 heavy (non-hydrogen) atoms. The molecule has 0 radical (unpaired) electrons. The van der Waals surface area contributed by atoms with Gasteiger partial charge in [0.2, 0.25) is 5.91 Å². The average molecular weight is 406 g/mol. The molecule has 0 bridgehead atoms. The van der Waals surface area contributed by atoms with E-state index in [2.05, 4.69) is 10.6 Å². The van der Waals surface area contributed by atoms with Crippen LogP contribution in [0, 0.1) is 0 Å². The zero-order valence-corrected chi connectivity index (χ0v) is 15.9. The Kier molecular flexibility index (Phi) is 6.16. The average Bonchev–Trinajstić information content (AvgIpc) is 2.66. The highest BCUT2D eigenvalue weighted by atomic mass is 35.5. The predicted molar refractivity (Wildman–Crippen MR) is 105 cm³/mol. The van der Waals surface area contributed by atoms with Gasteiger partial charge in [-0.3, -0.25) is 4.79 Å². The van der Waals surface area contributed by atoms with Gasteiger partial charge in [0, 0.05) is 17.3 Å². The van der Waals surface area contributed by atoms with E-state index >= 15 is 0 Å². The molecule has 1 saturated heterocycles. The number of hydrogen-bond donors (Lipinski definition) is 3. The normalized spacial score (nSPS) is 14.9. The molecule has 0 unspecified atom stereocenters. The highest BCUT2D eigenvalue weighted by Crippen LogP contribution is 2.25. The van der Waals surface area contributed by atoms with E-state index in [1.165, 1.54) is 4.90 Å². The van der Waals surface area contributed by atoms with Gasteiger partial charge in [0.15, 0.2) is 5.67 Å². The Hall–Kier alpha value is -2.64. The number of anilines is 1. The van der Waals surface area contributed by atoms with Crippen molar-refractivity contribution in [2.24, 2.45) is 0 Å². The third-order valence-corrected chi connectivity index (χ3v) is 4.77. The van der Waals surface area contributed by atoms with Gasteiger partial charge in [-0.25, -0.2) is 9.18 Å². The number of alkyl halides is 1. The molecule has 3 amide bonds. The molecule has 1 aliphatic rings. The standard InChI is InChI=1S/C20H21ClFN3O3/c21-16-5-1-15(2-6-16)10-23-19(28)24-17-7-3-14(4-8-17)9-18(27)25-11-20(22,12-25)13-26/h1-8,26H,9-13H2,(H2,23,24,28). The van der Waals surface area contributed by atoms with Crippen molar-refractivity contribution in [1.82, 2.24) is 10.2 Å². The Bertz CT molecular complexity index is 837. The summed E-state index contributed by atoms with van der Waals surface area (Å²) < 4.78 is 13.7. The molecule has 148 valence electrons. The monoisotopic (exact) mass is 405 g/mol. The zero-order chi connectivity index (χ0) is 20.1. The summed E-state index contributed by atoms with van der Waals surface area (Å²) in [6.45, 7) is -0.349. The molecule has 1 heterocycles. The number of halogens is 2. The maximum absolute atomic E-state index is 13.7. The van der Waals surface area contributed by atoms with Crippen molar-refractivity contribution in [1.29, 1.82) is 0 Å². The summed E-state index contributed by atoms with van der Waals surface area (Å²) in [5.74, 6) is -0.192. The lowest BCUT2D eigenvalue weighted by atomic mass is 9.96. The molecule has 3 rings (SSSR count). The van der Waals surface area contributed by atoms with Crippen molar-refractivity contribution >= 4 is 29.2 Å². The lowest BCUT2D eigenvalue weighted by Gasteiger charge is -2.43. The SMILES string of the molecule is O=C(NCc1ccc(Cl)cc1)Nc1ccc(CC(=O)N2CC(F)(CO)C2)cc1. The van der Waals surface area contributed by atoms with Crippen LogP contribution in [0.2, 0.25) is 5.02 Å². The topological polar surface area (TPSA) is 81.7 Å². The van der Waals surface area contributed by atoms with Crippen LogP contribution in [0.5, 0.6) is 0 Å². The number of aliphatic hydroxyl groups excluding tert-OH is 1. The summed E-state index contributed by atoms with van der Waals surface area (Å²) in [6, 6.07) is 13.7. The Labute approximate surface area is 167 Å². The first-order chi connectivity index (χ1) is 13.4. The summed E-state index contributed by atoms with van der Waals surface area (Å²) in [6.07, 6.45) is 0.143. The molecule has 0 atom stereocenters. The first-order valence-corrected chi connectivity index (χ1v) is 9.20. The van der Waals surface area contributed by atoms with Crippen molar-refractivity contribution in [2.75, 3.05) is 25.0 Å². The summed E-state index contributed by atoms with van der Waals surface area (Å²) in [4.78, 5) is 25.4. The number of hydrogen-bond acceptors (Lipinski definition) is 3. The first-order valence-electron chi connectivity index (χ1n) is 8.83. The Morgan fingerprint density at radius 1 is 1.07 bits per heavy atom. The second kappa shape index (κ2) is 8.58. The minimum absolute atomic E-state index is 0.0736. The van der Waals surface area contributed by atoms with Crippen LogP contribution in [0.1, 0.15) is 11.1 Å². The van der Waals surface area contributed by atoms with Crippen LogP contribution in [0.4, 0.5) is 14.9 Å². The largest absolute Gasteiger partial charge is 0.393 e. The maximum atomic E-state index is 13.7. The van der Waals surface area contributed by atoms with E-state index in [1.54, 1.807) is 36.4 Å². The van der Waals surface area contributed by atoms with Gasteiger partial charge in [0.05, 0.1) is 26.1 Å². The van der Waals surface area contributed by atoms with Crippen molar-refractivity contribution in [3.63, 3.8) is 0 Å². The molecule has 6 nitrogen and oxygen atoms in total.